The van der Waals surface area contributed by atoms with Gasteiger partial charge in [0.05, 0.1) is 6.54 Å². The number of nitrogens with zero attached hydrogens (tertiary/aromatic N) is 3. The molecule has 0 amide bonds. The number of rotatable bonds is 5. The summed E-state index contributed by atoms with van der Waals surface area (Å²) in [5.74, 6) is 1.99. The molecule has 100 valence electrons. The minimum absolute atomic E-state index is 0.218. The second-order valence-corrected chi connectivity index (χ2v) is 4.72. The van der Waals surface area contributed by atoms with E-state index in [0.717, 1.165) is 37.6 Å². The lowest BCUT2D eigenvalue weighted by Crippen LogP contribution is -2.30. The number of hydrogen-bond acceptors (Lipinski definition) is 4. The van der Waals surface area contributed by atoms with Crippen LogP contribution in [-0.2, 0) is 19.5 Å². The van der Waals surface area contributed by atoms with Gasteiger partial charge < -0.3 is 14.6 Å². The van der Waals surface area contributed by atoms with Gasteiger partial charge in [-0.3, -0.25) is 0 Å². The standard InChI is InChI=1S/C14H18N4O/c1-2-18-10-16-17-14(18)9-15-8-12-7-11-5-3-4-6-13(11)19-12/h3-6,10,12,15H,2,7-9H2,1H3. The van der Waals surface area contributed by atoms with Gasteiger partial charge in [0.15, 0.2) is 0 Å². The summed E-state index contributed by atoms with van der Waals surface area (Å²) in [6, 6.07) is 8.23. The summed E-state index contributed by atoms with van der Waals surface area (Å²) in [6.45, 7) is 4.54. The van der Waals surface area contributed by atoms with E-state index in [2.05, 4.69) is 34.6 Å². The SMILES string of the molecule is CCn1cnnc1CNCC1Cc2ccccc2O1. The molecule has 1 unspecified atom stereocenters. The molecule has 0 bridgehead atoms. The molecule has 0 fully saturated rings. The van der Waals surface area contributed by atoms with E-state index < -0.39 is 0 Å². The molecule has 1 aliphatic heterocycles. The number of aryl methyl sites for hydroxylation is 1. The lowest BCUT2D eigenvalue weighted by molar-refractivity contribution is 0.226. The highest BCUT2D eigenvalue weighted by molar-refractivity contribution is 5.37. The van der Waals surface area contributed by atoms with Crippen LogP contribution in [0.2, 0.25) is 0 Å². The molecular formula is C14H18N4O. The molecule has 1 aromatic heterocycles. The van der Waals surface area contributed by atoms with Crippen LogP contribution in [0.5, 0.6) is 5.75 Å². The van der Waals surface area contributed by atoms with Crippen LogP contribution in [0.15, 0.2) is 30.6 Å². The molecular weight excluding hydrogens is 240 g/mol. The van der Waals surface area contributed by atoms with E-state index in [1.807, 2.05) is 16.7 Å². The summed E-state index contributed by atoms with van der Waals surface area (Å²) in [7, 11) is 0. The Balaban J connectivity index is 1.50. The quantitative estimate of drug-likeness (QED) is 0.880. The molecule has 0 saturated carbocycles. The zero-order chi connectivity index (χ0) is 13.1. The third-order valence-electron chi connectivity index (χ3n) is 3.41. The molecule has 2 aromatic rings. The number of hydrogen-bond donors (Lipinski definition) is 1. The predicted octanol–water partition coefficient (Wildman–Crippen LogP) is 1.39. The van der Waals surface area contributed by atoms with Gasteiger partial charge in [-0.2, -0.15) is 0 Å². The maximum absolute atomic E-state index is 5.88. The van der Waals surface area contributed by atoms with Gasteiger partial charge in [0.25, 0.3) is 0 Å². The van der Waals surface area contributed by atoms with Crippen LogP contribution in [0.1, 0.15) is 18.3 Å². The first-order valence-corrected chi connectivity index (χ1v) is 6.68. The Kier molecular flexibility index (Phi) is 3.46. The zero-order valence-electron chi connectivity index (χ0n) is 11.0. The lowest BCUT2D eigenvalue weighted by Gasteiger charge is -2.11. The fourth-order valence-corrected chi connectivity index (χ4v) is 2.39. The maximum atomic E-state index is 5.88. The van der Waals surface area contributed by atoms with E-state index >= 15 is 0 Å². The van der Waals surface area contributed by atoms with Crippen molar-refractivity contribution in [1.29, 1.82) is 0 Å². The van der Waals surface area contributed by atoms with Crippen LogP contribution in [0.25, 0.3) is 0 Å². The first kappa shape index (κ1) is 12.2. The summed E-state index contributed by atoms with van der Waals surface area (Å²) in [4.78, 5) is 0. The number of aromatic nitrogens is 3. The molecule has 0 radical (unpaired) electrons. The van der Waals surface area contributed by atoms with Crippen molar-refractivity contribution in [1.82, 2.24) is 20.1 Å². The first-order chi connectivity index (χ1) is 9.36. The predicted molar refractivity (Wildman–Crippen MR) is 72.0 cm³/mol. The second kappa shape index (κ2) is 5.40. The monoisotopic (exact) mass is 258 g/mol. The molecule has 1 atom stereocenters. The molecule has 1 N–H and O–H groups in total. The van der Waals surface area contributed by atoms with Gasteiger partial charge in [-0.25, -0.2) is 0 Å². The van der Waals surface area contributed by atoms with E-state index in [0.29, 0.717) is 0 Å². The highest BCUT2D eigenvalue weighted by atomic mass is 16.5. The molecule has 0 spiro atoms. The van der Waals surface area contributed by atoms with Crippen LogP contribution < -0.4 is 10.1 Å². The zero-order valence-corrected chi connectivity index (χ0v) is 11.0. The highest BCUT2D eigenvalue weighted by Gasteiger charge is 2.21. The summed E-state index contributed by atoms with van der Waals surface area (Å²) in [5, 5.41) is 11.4. The lowest BCUT2D eigenvalue weighted by atomic mass is 10.1. The van der Waals surface area contributed by atoms with Crippen molar-refractivity contribution in [2.45, 2.75) is 32.5 Å². The molecule has 5 heteroatoms. The van der Waals surface area contributed by atoms with E-state index in [1.54, 1.807) is 6.33 Å². The van der Waals surface area contributed by atoms with Crippen molar-refractivity contribution < 1.29 is 4.74 Å². The van der Waals surface area contributed by atoms with Crippen molar-refractivity contribution in [3.8, 4) is 5.75 Å². The first-order valence-electron chi connectivity index (χ1n) is 6.68. The number of para-hydroxylation sites is 1. The van der Waals surface area contributed by atoms with Crippen molar-refractivity contribution >= 4 is 0 Å². The molecule has 2 heterocycles. The Labute approximate surface area is 112 Å². The van der Waals surface area contributed by atoms with Crippen LogP contribution in [0, 0.1) is 0 Å². The van der Waals surface area contributed by atoms with E-state index in [4.69, 9.17) is 4.74 Å². The van der Waals surface area contributed by atoms with E-state index in [-0.39, 0.29) is 6.10 Å². The molecule has 1 aliphatic rings. The van der Waals surface area contributed by atoms with Gasteiger partial charge in [0, 0.05) is 19.5 Å². The molecule has 0 saturated heterocycles. The third kappa shape index (κ3) is 2.61. The van der Waals surface area contributed by atoms with Gasteiger partial charge in [-0.05, 0) is 18.6 Å². The fraction of sp³-hybridized carbons (Fsp3) is 0.429. The second-order valence-electron chi connectivity index (χ2n) is 4.72. The smallest absolute Gasteiger partial charge is 0.146 e. The summed E-state index contributed by atoms with van der Waals surface area (Å²) < 4.78 is 7.92. The summed E-state index contributed by atoms with van der Waals surface area (Å²) in [6.07, 6.45) is 2.96. The maximum Gasteiger partial charge on any atom is 0.146 e. The number of benzene rings is 1. The van der Waals surface area contributed by atoms with Crippen LogP contribution in [0.4, 0.5) is 0 Å². The highest BCUT2D eigenvalue weighted by Crippen LogP contribution is 2.27. The van der Waals surface area contributed by atoms with Gasteiger partial charge in [0.1, 0.15) is 24.0 Å². The largest absolute Gasteiger partial charge is 0.488 e. The van der Waals surface area contributed by atoms with Gasteiger partial charge in [0.2, 0.25) is 0 Å². The topological polar surface area (TPSA) is 52.0 Å². The summed E-state index contributed by atoms with van der Waals surface area (Å²) >= 11 is 0. The minimum atomic E-state index is 0.218. The van der Waals surface area contributed by atoms with E-state index in [1.165, 1.54) is 5.56 Å². The van der Waals surface area contributed by atoms with Crippen molar-refractivity contribution in [2.75, 3.05) is 6.54 Å². The molecule has 1 aromatic carbocycles. The molecule has 5 nitrogen and oxygen atoms in total. The van der Waals surface area contributed by atoms with Gasteiger partial charge in [-0.15, -0.1) is 10.2 Å². The Morgan fingerprint density at radius 1 is 1.42 bits per heavy atom. The van der Waals surface area contributed by atoms with Crippen molar-refractivity contribution in [3.05, 3.63) is 42.0 Å². The van der Waals surface area contributed by atoms with Crippen molar-refractivity contribution in [3.63, 3.8) is 0 Å². The Hall–Kier alpha value is -1.88. The van der Waals surface area contributed by atoms with Gasteiger partial charge in [-0.1, -0.05) is 18.2 Å². The Morgan fingerprint density at radius 2 is 2.32 bits per heavy atom. The van der Waals surface area contributed by atoms with E-state index in [9.17, 15) is 0 Å². The summed E-state index contributed by atoms with van der Waals surface area (Å²) in [5.41, 5.74) is 1.30. The van der Waals surface area contributed by atoms with Gasteiger partial charge >= 0.3 is 0 Å². The normalized spacial score (nSPS) is 17.2. The average molecular weight is 258 g/mol. The minimum Gasteiger partial charge on any atom is -0.488 e. The Bertz CT molecular complexity index is 527. The molecule has 0 aliphatic carbocycles. The number of fused-ring (bicyclic) bond motifs is 1. The molecule has 19 heavy (non-hydrogen) atoms. The van der Waals surface area contributed by atoms with Crippen molar-refractivity contribution in [2.24, 2.45) is 0 Å². The third-order valence-corrected chi connectivity index (χ3v) is 3.41. The Morgan fingerprint density at radius 3 is 3.16 bits per heavy atom. The number of ether oxygens (including phenoxy) is 1. The molecule has 3 rings (SSSR count). The van der Waals surface area contributed by atoms with Crippen LogP contribution >= 0.6 is 0 Å². The van der Waals surface area contributed by atoms with Crippen LogP contribution in [0.3, 0.4) is 0 Å². The number of nitrogens with one attached hydrogen (secondary N) is 1. The average Bonchev–Trinajstić information content (AvgIpc) is 3.04. The fourth-order valence-electron chi connectivity index (χ4n) is 2.39. The van der Waals surface area contributed by atoms with Crippen LogP contribution in [-0.4, -0.2) is 27.4 Å².